The topological polar surface area (TPSA) is 78.5 Å². The van der Waals surface area contributed by atoms with Gasteiger partial charge in [0.05, 0.1) is 12.1 Å². The van der Waals surface area contributed by atoms with Gasteiger partial charge in [-0.25, -0.2) is 0 Å². The van der Waals surface area contributed by atoms with Gasteiger partial charge in [0.25, 0.3) is 5.91 Å². The van der Waals surface area contributed by atoms with E-state index in [9.17, 15) is 9.90 Å². The molecule has 0 radical (unpaired) electrons. The van der Waals surface area contributed by atoms with E-state index in [4.69, 9.17) is 4.74 Å². The molecule has 3 heterocycles. The monoisotopic (exact) mass is 421 g/mol. The molecule has 2 aromatic carbocycles. The van der Waals surface area contributed by atoms with Crippen LogP contribution in [0, 0.1) is 0 Å². The second-order valence-corrected chi connectivity index (χ2v) is 8.53. The molecule has 2 aliphatic rings. The van der Waals surface area contributed by atoms with Gasteiger partial charge in [0.1, 0.15) is 17.1 Å². The number of ether oxygens (including phenoxy) is 1. The number of rotatable bonds is 5. The van der Waals surface area contributed by atoms with E-state index in [1.165, 1.54) is 4.90 Å². The van der Waals surface area contributed by atoms with Crippen molar-refractivity contribution in [2.45, 2.75) is 29.9 Å². The van der Waals surface area contributed by atoms with Gasteiger partial charge in [-0.3, -0.25) is 9.89 Å². The van der Waals surface area contributed by atoms with Crippen LogP contribution in [0.2, 0.25) is 0 Å². The number of fused-ring (bicyclic) bond motifs is 1. The molecule has 3 aromatic rings. The van der Waals surface area contributed by atoms with E-state index in [0.717, 1.165) is 30.6 Å². The van der Waals surface area contributed by atoms with Crippen LogP contribution in [0.3, 0.4) is 0 Å². The fourth-order valence-electron chi connectivity index (χ4n) is 4.40. The predicted octanol–water partition coefficient (Wildman–Crippen LogP) is 4.23. The molecule has 1 saturated heterocycles. The molecule has 30 heavy (non-hydrogen) atoms. The van der Waals surface area contributed by atoms with Crippen LogP contribution in [0.15, 0.2) is 53.4 Å². The zero-order chi connectivity index (χ0) is 20.7. The number of aromatic nitrogens is 2. The second kappa shape index (κ2) is 7.81. The summed E-state index contributed by atoms with van der Waals surface area (Å²) in [4.78, 5) is 16.4. The van der Waals surface area contributed by atoms with E-state index >= 15 is 0 Å². The molecule has 1 fully saturated rings. The first kappa shape index (κ1) is 19.2. The molecule has 0 unspecified atom stereocenters. The van der Waals surface area contributed by atoms with Crippen LogP contribution in [-0.2, 0) is 4.74 Å². The highest BCUT2D eigenvalue weighted by Gasteiger charge is 2.43. The normalized spacial score (nSPS) is 20.7. The number of aromatic amines is 1. The molecule has 2 atom stereocenters. The number of hydrogen-bond donors (Lipinski definition) is 2. The highest BCUT2D eigenvalue weighted by molar-refractivity contribution is 7.98. The number of phenols is 1. The van der Waals surface area contributed by atoms with Crippen molar-refractivity contribution in [1.29, 1.82) is 0 Å². The third kappa shape index (κ3) is 3.18. The average molecular weight is 422 g/mol. The van der Waals surface area contributed by atoms with Crippen LogP contribution in [0.4, 0.5) is 0 Å². The summed E-state index contributed by atoms with van der Waals surface area (Å²) in [5.41, 5.74) is 3.57. The quantitative estimate of drug-likeness (QED) is 0.603. The van der Waals surface area contributed by atoms with Crippen molar-refractivity contribution in [2.24, 2.45) is 0 Å². The molecule has 2 N–H and O–H groups in total. The van der Waals surface area contributed by atoms with E-state index < -0.39 is 0 Å². The molecule has 154 valence electrons. The van der Waals surface area contributed by atoms with Crippen molar-refractivity contribution >= 4 is 17.7 Å². The van der Waals surface area contributed by atoms with E-state index in [1.807, 2.05) is 23.3 Å². The Balaban J connectivity index is 1.62. The van der Waals surface area contributed by atoms with Crippen molar-refractivity contribution in [2.75, 3.05) is 19.4 Å². The molecule has 1 aromatic heterocycles. The fourth-order valence-corrected chi connectivity index (χ4v) is 4.81. The third-order valence-electron chi connectivity index (χ3n) is 5.88. The molecule has 2 aliphatic heterocycles. The summed E-state index contributed by atoms with van der Waals surface area (Å²) in [5.74, 6) is 0.0712. The Kier molecular flexibility index (Phi) is 5.00. The van der Waals surface area contributed by atoms with Gasteiger partial charge in [0.15, 0.2) is 0 Å². The molecule has 6 nitrogen and oxygen atoms in total. The van der Waals surface area contributed by atoms with E-state index in [1.54, 1.807) is 23.9 Å². The van der Waals surface area contributed by atoms with Crippen molar-refractivity contribution < 1.29 is 14.6 Å². The molecule has 1 amide bonds. The smallest absolute Gasteiger partial charge is 0.273 e. The number of aromatic hydroxyl groups is 1. The number of nitrogens with one attached hydrogen (secondary N) is 1. The number of para-hydroxylation sites is 1. The van der Waals surface area contributed by atoms with Gasteiger partial charge >= 0.3 is 0 Å². The largest absolute Gasteiger partial charge is 0.507 e. The summed E-state index contributed by atoms with van der Waals surface area (Å²) >= 11 is 1.68. The maximum absolute atomic E-state index is 13.4. The van der Waals surface area contributed by atoms with Crippen LogP contribution < -0.4 is 0 Å². The Morgan fingerprint density at radius 3 is 2.73 bits per heavy atom. The number of nitrogens with zero attached hydrogens (tertiary/aromatic N) is 2. The summed E-state index contributed by atoms with van der Waals surface area (Å²) in [7, 11) is 0. The van der Waals surface area contributed by atoms with Gasteiger partial charge < -0.3 is 14.7 Å². The lowest BCUT2D eigenvalue weighted by molar-refractivity contribution is 0.0495. The number of phenolic OH excluding ortho intramolecular Hbond substituents is 1. The minimum Gasteiger partial charge on any atom is -0.507 e. The summed E-state index contributed by atoms with van der Waals surface area (Å²) in [6.45, 7) is 1.28. The van der Waals surface area contributed by atoms with Gasteiger partial charge in [-0.1, -0.05) is 24.3 Å². The SMILES string of the molecule is CSc1ccc([C@@H]2c3c(-c4ccccc4O)n[nH]c3C(=O)N2C[C@H]2CCCO2)cc1. The van der Waals surface area contributed by atoms with Gasteiger partial charge in [-0.2, -0.15) is 5.10 Å². The lowest BCUT2D eigenvalue weighted by atomic mass is 9.95. The van der Waals surface area contributed by atoms with Crippen LogP contribution >= 0.6 is 11.8 Å². The molecule has 0 bridgehead atoms. The van der Waals surface area contributed by atoms with Gasteiger partial charge in [0, 0.05) is 29.2 Å². The average Bonchev–Trinajstić information content (AvgIpc) is 3.49. The lowest BCUT2D eigenvalue weighted by Gasteiger charge is -2.28. The zero-order valence-corrected chi connectivity index (χ0v) is 17.5. The Labute approximate surface area is 179 Å². The number of carbonyl (C=O) groups is 1. The standard InChI is InChI=1S/C23H23N3O3S/c1-30-16-10-8-14(9-11-16)22-19-20(17-6-2-3-7-18(17)27)24-25-21(19)23(28)26(22)13-15-5-4-12-29-15/h2-3,6-11,15,22,27H,4-5,12-13H2,1H3,(H,24,25)/t15-,22-/m1/s1. The first-order valence-corrected chi connectivity index (χ1v) is 11.3. The van der Waals surface area contributed by atoms with Gasteiger partial charge in [-0.15, -0.1) is 11.8 Å². The van der Waals surface area contributed by atoms with Crippen molar-refractivity contribution in [3.8, 4) is 17.0 Å². The predicted molar refractivity (Wildman–Crippen MR) is 116 cm³/mol. The summed E-state index contributed by atoms with van der Waals surface area (Å²) in [5, 5.41) is 17.8. The molecule has 0 spiro atoms. The molecular formula is C23H23N3O3S. The Bertz CT molecular complexity index is 1070. The Morgan fingerprint density at radius 1 is 1.23 bits per heavy atom. The zero-order valence-electron chi connectivity index (χ0n) is 16.7. The summed E-state index contributed by atoms with van der Waals surface area (Å²) in [6, 6.07) is 15.1. The highest BCUT2D eigenvalue weighted by Crippen LogP contribution is 2.44. The number of H-pyrrole nitrogens is 1. The first-order valence-electron chi connectivity index (χ1n) is 10.1. The fraction of sp³-hybridized carbons (Fsp3) is 0.304. The Hall–Kier alpha value is -2.77. The molecular weight excluding hydrogens is 398 g/mol. The van der Waals surface area contributed by atoms with E-state index in [0.29, 0.717) is 23.5 Å². The lowest BCUT2D eigenvalue weighted by Crippen LogP contribution is -2.36. The highest BCUT2D eigenvalue weighted by atomic mass is 32.2. The third-order valence-corrected chi connectivity index (χ3v) is 6.62. The maximum Gasteiger partial charge on any atom is 0.273 e. The summed E-state index contributed by atoms with van der Waals surface area (Å²) < 4.78 is 5.83. The number of hydrogen-bond acceptors (Lipinski definition) is 5. The minimum atomic E-state index is -0.277. The minimum absolute atomic E-state index is 0.0486. The molecule has 5 rings (SSSR count). The first-order chi connectivity index (χ1) is 14.7. The van der Waals surface area contributed by atoms with Crippen LogP contribution in [0.25, 0.3) is 11.3 Å². The number of amides is 1. The molecule has 0 aliphatic carbocycles. The molecule has 0 saturated carbocycles. The van der Waals surface area contributed by atoms with Gasteiger partial charge in [0.2, 0.25) is 0 Å². The Morgan fingerprint density at radius 2 is 2.03 bits per heavy atom. The molecule has 7 heteroatoms. The summed E-state index contributed by atoms with van der Waals surface area (Å²) in [6.07, 6.45) is 4.07. The van der Waals surface area contributed by atoms with Gasteiger partial charge in [-0.05, 0) is 48.9 Å². The van der Waals surface area contributed by atoms with E-state index in [2.05, 4.69) is 34.5 Å². The van der Waals surface area contributed by atoms with Crippen LogP contribution in [0.1, 0.15) is 40.5 Å². The number of thioether (sulfide) groups is 1. The second-order valence-electron chi connectivity index (χ2n) is 7.65. The van der Waals surface area contributed by atoms with E-state index in [-0.39, 0.29) is 23.8 Å². The number of carbonyl (C=O) groups excluding carboxylic acids is 1. The number of benzene rings is 2. The van der Waals surface area contributed by atoms with Crippen molar-refractivity contribution in [3.05, 3.63) is 65.4 Å². The van der Waals surface area contributed by atoms with Crippen LogP contribution in [-0.4, -0.2) is 51.6 Å². The maximum atomic E-state index is 13.4. The van der Waals surface area contributed by atoms with Crippen LogP contribution in [0.5, 0.6) is 5.75 Å². The van der Waals surface area contributed by atoms with Crippen molar-refractivity contribution in [3.63, 3.8) is 0 Å². The van der Waals surface area contributed by atoms with Crippen molar-refractivity contribution in [1.82, 2.24) is 15.1 Å².